The molecule has 0 aliphatic carbocycles. The van der Waals surface area contributed by atoms with Gasteiger partial charge in [0.15, 0.2) is 0 Å². The van der Waals surface area contributed by atoms with Gasteiger partial charge in [0.05, 0.1) is 17.5 Å². The van der Waals surface area contributed by atoms with Crippen LogP contribution in [-0.4, -0.2) is 37.7 Å². The minimum Gasteiger partial charge on any atom is -0.481 e. The fourth-order valence-corrected chi connectivity index (χ4v) is 2.28. The van der Waals surface area contributed by atoms with Gasteiger partial charge in [-0.3, -0.25) is 14.3 Å². The van der Waals surface area contributed by atoms with E-state index in [9.17, 15) is 22.4 Å². The molecule has 0 aromatic heterocycles. The van der Waals surface area contributed by atoms with Gasteiger partial charge < -0.3 is 10.4 Å². The van der Waals surface area contributed by atoms with E-state index in [0.29, 0.717) is 0 Å². The lowest BCUT2D eigenvalue weighted by Crippen LogP contribution is -2.33. The van der Waals surface area contributed by atoms with Gasteiger partial charge in [0.2, 0.25) is 10.0 Å². The number of hydrogen-bond donors (Lipinski definition) is 3. The van der Waals surface area contributed by atoms with Gasteiger partial charge >= 0.3 is 5.97 Å². The lowest BCUT2D eigenvalue weighted by molar-refractivity contribution is -0.137. The largest absolute Gasteiger partial charge is 0.481 e. The number of nitrogens with one attached hydrogen (secondary N) is 2. The van der Waals surface area contributed by atoms with Crippen molar-refractivity contribution in [3.8, 4) is 0 Å². The number of aliphatic carboxylic acids is 1. The molecule has 7 nitrogen and oxygen atoms in total. The highest BCUT2D eigenvalue weighted by molar-refractivity contribution is 7.92. The number of carboxylic acids is 1. The molecular weight excluding hydrogens is 315 g/mol. The zero-order chi connectivity index (χ0) is 16.9. The first kappa shape index (κ1) is 17.9. The Morgan fingerprint density at radius 2 is 2.00 bits per heavy atom. The van der Waals surface area contributed by atoms with Gasteiger partial charge in [0.25, 0.3) is 5.91 Å². The summed E-state index contributed by atoms with van der Waals surface area (Å²) < 4.78 is 37.9. The number of benzene rings is 1. The van der Waals surface area contributed by atoms with E-state index in [0.717, 1.165) is 24.5 Å². The van der Waals surface area contributed by atoms with Gasteiger partial charge in [-0.15, -0.1) is 0 Å². The number of carbonyl (C=O) groups excluding carboxylic acids is 1. The van der Waals surface area contributed by atoms with Crippen LogP contribution in [0.4, 0.5) is 10.1 Å². The van der Waals surface area contributed by atoms with Crippen LogP contribution in [0.2, 0.25) is 0 Å². The summed E-state index contributed by atoms with van der Waals surface area (Å²) in [4.78, 5) is 22.6. The summed E-state index contributed by atoms with van der Waals surface area (Å²) in [5.41, 5.74) is -0.223. The zero-order valence-electron chi connectivity index (χ0n) is 12.1. The molecule has 1 amide bonds. The van der Waals surface area contributed by atoms with Crippen LogP contribution in [-0.2, 0) is 14.8 Å². The van der Waals surface area contributed by atoms with Crippen LogP contribution in [0.3, 0.4) is 0 Å². The Kier molecular flexibility index (Phi) is 5.86. The monoisotopic (exact) mass is 332 g/mol. The van der Waals surface area contributed by atoms with Crippen LogP contribution in [0.15, 0.2) is 18.2 Å². The predicted octanol–water partition coefficient (Wildman–Crippen LogP) is 1.18. The molecule has 1 atom stereocenters. The second kappa shape index (κ2) is 7.21. The van der Waals surface area contributed by atoms with Gasteiger partial charge in [-0.2, -0.15) is 0 Å². The highest BCUT2D eigenvalue weighted by Gasteiger charge is 2.17. The molecule has 0 saturated heterocycles. The third kappa shape index (κ3) is 6.08. The van der Waals surface area contributed by atoms with E-state index in [2.05, 4.69) is 10.0 Å². The maximum Gasteiger partial charge on any atom is 0.303 e. The van der Waals surface area contributed by atoms with Crippen molar-refractivity contribution in [2.45, 2.75) is 25.8 Å². The summed E-state index contributed by atoms with van der Waals surface area (Å²) >= 11 is 0. The van der Waals surface area contributed by atoms with Crippen LogP contribution in [0.5, 0.6) is 0 Å². The van der Waals surface area contributed by atoms with E-state index in [-0.39, 0.29) is 24.1 Å². The molecule has 9 heteroatoms. The third-order valence-corrected chi connectivity index (χ3v) is 3.28. The number of rotatable bonds is 7. The van der Waals surface area contributed by atoms with Gasteiger partial charge in [-0.1, -0.05) is 0 Å². The molecule has 0 spiro atoms. The van der Waals surface area contributed by atoms with Crippen LogP contribution in [0.1, 0.15) is 30.1 Å². The number of sulfonamides is 1. The molecule has 0 saturated carbocycles. The second-order valence-electron chi connectivity index (χ2n) is 4.87. The van der Waals surface area contributed by atoms with Crippen molar-refractivity contribution in [2.24, 2.45) is 0 Å². The Labute approximate surface area is 127 Å². The van der Waals surface area contributed by atoms with Crippen LogP contribution >= 0.6 is 0 Å². The lowest BCUT2D eigenvalue weighted by Gasteiger charge is -2.15. The van der Waals surface area contributed by atoms with Crippen LogP contribution in [0.25, 0.3) is 0 Å². The van der Waals surface area contributed by atoms with E-state index in [1.165, 1.54) is 0 Å². The molecule has 0 bridgehead atoms. The van der Waals surface area contributed by atoms with E-state index < -0.39 is 33.8 Å². The summed E-state index contributed by atoms with van der Waals surface area (Å²) in [5, 5.41) is 11.1. The number of hydrogen-bond acceptors (Lipinski definition) is 4. The molecule has 122 valence electrons. The summed E-state index contributed by atoms with van der Waals surface area (Å²) in [5.74, 6) is -2.38. The Bertz CT molecular complexity index is 675. The van der Waals surface area contributed by atoms with Crippen molar-refractivity contribution in [3.05, 3.63) is 29.6 Å². The van der Waals surface area contributed by atoms with Crippen molar-refractivity contribution in [1.82, 2.24) is 5.32 Å². The van der Waals surface area contributed by atoms with Crippen molar-refractivity contribution < 1.29 is 27.5 Å². The number of carbonyl (C=O) groups is 2. The standard InChI is InChI=1S/C13H17FN2O5S/c1-8(3-6-12(17)18)15-13(19)10-7-9(14)4-5-11(10)16-22(2,20)21/h4-5,7-8,16H,3,6H2,1-2H3,(H,15,19)(H,17,18). The fraction of sp³-hybridized carbons (Fsp3) is 0.385. The first-order chi connectivity index (χ1) is 10.1. The molecule has 1 aromatic carbocycles. The van der Waals surface area contributed by atoms with Crippen molar-refractivity contribution in [2.75, 3.05) is 11.0 Å². The van der Waals surface area contributed by atoms with E-state index >= 15 is 0 Å². The van der Waals surface area contributed by atoms with E-state index in [1.54, 1.807) is 6.92 Å². The maximum absolute atomic E-state index is 13.3. The Hall–Kier alpha value is -2.16. The number of amides is 1. The first-order valence-corrected chi connectivity index (χ1v) is 8.27. The highest BCUT2D eigenvalue weighted by Crippen LogP contribution is 2.18. The second-order valence-corrected chi connectivity index (χ2v) is 6.62. The molecule has 0 fully saturated rings. The molecule has 22 heavy (non-hydrogen) atoms. The molecular formula is C13H17FN2O5S. The predicted molar refractivity (Wildman–Crippen MR) is 78.7 cm³/mol. The molecule has 0 aliphatic heterocycles. The minimum atomic E-state index is -3.63. The smallest absolute Gasteiger partial charge is 0.303 e. The van der Waals surface area contributed by atoms with Gasteiger partial charge in [0, 0.05) is 12.5 Å². The quantitative estimate of drug-likeness (QED) is 0.694. The topological polar surface area (TPSA) is 113 Å². The van der Waals surface area contributed by atoms with Gasteiger partial charge in [0.1, 0.15) is 5.82 Å². The maximum atomic E-state index is 13.3. The highest BCUT2D eigenvalue weighted by atomic mass is 32.2. The summed E-state index contributed by atoms with van der Waals surface area (Å²) in [6.07, 6.45) is 0.984. The first-order valence-electron chi connectivity index (χ1n) is 6.38. The fourth-order valence-electron chi connectivity index (χ4n) is 1.71. The van der Waals surface area contributed by atoms with Gasteiger partial charge in [-0.25, -0.2) is 12.8 Å². The van der Waals surface area contributed by atoms with Crippen LogP contribution < -0.4 is 10.0 Å². The van der Waals surface area contributed by atoms with Crippen molar-refractivity contribution in [3.63, 3.8) is 0 Å². The Balaban J connectivity index is 2.92. The molecule has 0 aliphatic rings. The lowest BCUT2D eigenvalue weighted by atomic mass is 10.1. The molecule has 0 heterocycles. The van der Waals surface area contributed by atoms with Crippen LogP contribution in [0, 0.1) is 5.82 Å². The molecule has 3 N–H and O–H groups in total. The average Bonchev–Trinajstić information content (AvgIpc) is 2.36. The molecule has 1 rings (SSSR count). The summed E-state index contributed by atoms with van der Waals surface area (Å²) in [6.45, 7) is 1.60. The Morgan fingerprint density at radius 1 is 1.36 bits per heavy atom. The molecule has 1 aromatic rings. The molecule has 0 radical (unpaired) electrons. The summed E-state index contributed by atoms with van der Waals surface area (Å²) in [7, 11) is -3.63. The van der Waals surface area contributed by atoms with Crippen molar-refractivity contribution in [1.29, 1.82) is 0 Å². The van der Waals surface area contributed by atoms with E-state index in [1.807, 2.05) is 0 Å². The van der Waals surface area contributed by atoms with Crippen molar-refractivity contribution >= 4 is 27.6 Å². The number of anilines is 1. The summed E-state index contributed by atoms with van der Waals surface area (Å²) in [6, 6.07) is 2.62. The SMILES string of the molecule is CC(CCC(=O)O)NC(=O)c1cc(F)ccc1NS(C)(=O)=O. The minimum absolute atomic E-state index is 0.0492. The average molecular weight is 332 g/mol. The number of carboxylic acid groups (broad SMARTS) is 1. The zero-order valence-corrected chi connectivity index (χ0v) is 12.9. The van der Waals surface area contributed by atoms with Gasteiger partial charge in [-0.05, 0) is 31.5 Å². The third-order valence-electron chi connectivity index (χ3n) is 2.69. The number of halogens is 1. The molecule has 1 unspecified atom stereocenters. The van der Waals surface area contributed by atoms with E-state index in [4.69, 9.17) is 5.11 Å². The Morgan fingerprint density at radius 3 is 2.55 bits per heavy atom. The normalized spacial score (nSPS) is 12.5.